The van der Waals surface area contributed by atoms with Gasteiger partial charge in [-0.05, 0) is 0 Å². The van der Waals surface area contributed by atoms with E-state index < -0.39 is 0 Å². The molecule has 0 spiro atoms. The van der Waals surface area contributed by atoms with Crippen LogP contribution in [0.4, 0.5) is 0 Å². The van der Waals surface area contributed by atoms with Crippen molar-refractivity contribution in [1.82, 2.24) is 5.32 Å². The summed E-state index contributed by atoms with van der Waals surface area (Å²) < 4.78 is 1.74. The fraction of sp³-hybridized carbons (Fsp3) is 0.800. The quantitative estimate of drug-likeness (QED) is 0.532. The Morgan fingerprint density at radius 1 is 1.29 bits per heavy atom. The van der Waals surface area contributed by atoms with Gasteiger partial charge in [0, 0.05) is 0 Å². The van der Waals surface area contributed by atoms with E-state index in [2.05, 4.69) is 5.32 Å². The Labute approximate surface area is 57.1 Å². The summed E-state index contributed by atoms with van der Waals surface area (Å²) in [4.78, 5) is 0. The first kappa shape index (κ1) is 5.76. The molecule has 1 rings (SSSR count). The molecule has 0 saturated carbocycles. The molecule has 1 nitrogen and oxygen atoms in total. The molecule has 0 amide bonds. The molecule has 0 aromatic rings. The molecule has 1 aliphatic heterocycles. The van der Waals surface area contributed by atoms with Gasteiger partial charge in [0.1, 0.15) is 0 Å². The van der Waals surface area contributed by atoms with E-state index in [1.807, 2.05) is 0 Å². The van der Waals surface area contributed by atoms with Crippen LogP contribution in [0.3, 0.4) is 0 Å². The van der Waals surface area contributed by atoms with Crippen molar-refractivity contribution in [3.8, 4) is 0 Å². The van der Waals surface area contributed by atoms with Crippen LogP contribution in [0.1, 0.15) is 12.8 Å². The fourth-order valence-corrected chi connectivity index (χ4v) is 1.44. The predicted octanol–water partition coefficient (Wildman–Crippen LogP) is -0.289. The Morgan fingerprint density at radius 3 is 2.14 bits per heavy atom. The predicted molar refractivity (Wildman–Crippen MR) is 32.9 cm³/mol. The number of piperidine rings is 1. The Morgan fingerprint density at radius 2 is 1.86 bits per heavy atom. The van der Waals surface area contributed by atoms with E-state index in [9.17, 15) is 0 Å². The van der Waals surface area contributed by atoms with Crippen molar-refractivity contribution in [3.05, 3.63) is 0 Å². The van der Waals surface area contributed by atoms with Crippen LogP contribution < -0.4 is 5.32 Å². The first-order valence-corrected chi connectivity index (χ1v) is 4.09. The zero-order valence-corrected chi connectivity index (χ0v) is 7.18. The summed E-state index contributed by atoms with van der Waals surface area (Å²) in [6.07, 6.45) is 2.66. The third-order valence-electron chi connectivity index (χ3n) is 1.21. The Hall–Kier alpha value is 0.629. The van der Waals surface area contributed by atoms with Gasteiger partial charge in [-0.2, -0.15) is 0 Å². The molecule has 0 atom stereocenters. The van der Waals surface area contributed by atoms with Gasteiger partial charge in [0.25, 0.3) is 0 Å². The summed E-state index contributed by atoms with van der Waals surface area (Å²) in [7, 11) is 0. The van der Waals surface area contributed by atoms with E-state index >= 15 is 0 Å². The minimum absolute atomic E-state index is 1.22. The summed E-state index contributed by atoms with van der Waals surface area (Å²) in [5.74, 6) is 0. The van der Waals surface area contributed by atoms with Crippen LogP contribution in [-0.2, 0) is 0 Å². The van der Waals surface area contributed by atoms with E-state index in [4.69, 9.17) is 0 Å². The summed E-state index contributed by atoms with van der Waals surface area (Å²) >= 11 is 1.65. The molecule has 0 aliphatic carbocycles. The Balaban J connectivity index is 2.25. The van der Waals surface area contributed by atoms with Crippen LogP contribution >= 0.6 is 0 Å². The second-order valence-electron chi connectivity index (χ2n) is 1.85. The summed E-state index contributed by atoms with van der Waals surface area (Å²) in [5, 5.41) is 3.31. The van der Waals surface area contributed by atoms with Crippen molar-refractivity contribution in [3.63, 3.8) is 0 Å². The molecular weight excluding hydrogens is 193 g/mol. The normalized spacial score (nSPS) is 22.6. The minimum atomic E-state index is 1.22. The van der Waals surface area contributed by atoms with Gasteiger partial charge in [-0.3, -0.25) is 0 Å². The van der Waals surface area contributed by atoms with Crippen molar-refractivity contribution in [2.75, 3.05) is 13.1 Å². The SMILES string of the molecule is [Sn]=[C]1CCNCC1. The summed E-state index contributed by atoms with van der Waals surface area (Å²) in [6, 6.07) is 0. The van der Waals surface area contributed by atoms with E-state index in [0.29, 0.717) is 0 Å². The van der Waals surface area contributed by atoms with Crippen molar-refractivity contribution >= 4 is 25.6 Å². The van der Waals surface area contributed by atoms with Crippen molar-refractivity contribution < 1.29 is 0 Å². The summed E-state index contributed by atoms with van der Waals surface area (Å²) in [6.45, 7) is 2.45. The number of nitrogens with one attached hydrogen (secondary N) is 1. The van der Waals surface area contributed by atoms with Gasteiger partial charge < -0.3 is 0 Å². The van der Waals surface area contributed by atoms with Crippen LogP contribution in [0.15, 0.2) is 0 Å². The second kappa shape index (κ2) is 2.82. The van der Waals surface area contributed by atoms with Crippen LogP contribution in [0.25, 0.3) is 0 Å². The molecule has 7 heavy (non-hydrogen) atoms. The zero-order chi connectivity index (χ0) is 5.11. The molecule has 38 valence electrons. The monoisotopic (exact) mass is 203 g/mol. The molecule has 1 N–H and O–H groups in total. The number of rotatable bonds is 0. The van der Waals surface area contributed by atoms with Gasteiger partial charge in [-0.25, -0.2) is 0 Å². The Bertz CT molecular complexity index is 72.1. The molecule has 2 radical (unpaired) electrons. The van der Waals surface area contributed by atoms with Gasteiger partial charge >= 0.3 is 56.8 Å². The van der Waals surface area contributed by atoms with E-state index in [-0.39, 0.29) is 0 Å². The van der Waals surface area contributed by atoms with Crippen LogP contribution in [0.2, 0.25) is 0 Å². The van der Waals surface area contributed by atoms with Crippen LogP contribution in [0, 0.1) is 0 Å². The second-order valence-corrected chi connectivity index (χ2v) is 3.87. The molecule has 1 fully saturated rings. The Kier molecular flexibility index (Phi) is 2.32. The molecule has 0 aromatic carbocycles. The van der Waals surface area contributed by atoms with Crippen LogP contribution in [-0.4, -0.2) is 38.7 Å². The van der Waals surface area contributed by atoms with Gasteiger partial charge in [0.15, 0.2) is 0 Å². The summed E-state index contributed by atoms with van der Waals surface area (Å²) in [5.41, 5.74) is 0. The first-order valence-electron chi connectivity index (χ1n) is 2.66. The number of hydrogen-bond donors (Lipinski definition) is 1. The number of hydrogen-bond acceptors (Lipinski definition) is 1. The first-order chi connectivity index (χ1) is 3.39. The molecule has 1 heterocycles. The molecule has 2 heteroatoms. The van der Waals surface area contributed by atoms with Crippen molar-refractivity contribution in [2.45, 2.75) is 12.8 Å². The molecule has 0 unspecified atom stereocenters. The van der Waals surface area contributed by atoms with Gasteiger partial charge in [0.05, 0.1) is 0 Å². The topological polar surface area (TPSA) is 12.0 Å². The molecule has 0 aromatic heterocycles. The third kappa shape index (κ3) is 1.91. The average molecular weight is 202 g/mol. The van der Waals surface area contributed by atoms with Gasteiger partial charge in [0.2, 0.25) is 0 Å². The standard InChI is InChI=1S/C5H9N.Sn/c1-2-4-6-5-3-1;/h6H,2-5H2;. The van der Waals surface area contributed by atoms with Gasteiger partial charge in [-0.1, -0.05) is 0 Å². The van der Waals surface area contributed by atoms with Crippen LogP contribution in [0.5, 0.6) is 0 Å². The van der Waals surface area contributed by atoms with Crippen molar-refractivity contribution in [1.29, 1.82) is 0 Å². The average Bonchev–Trinajstić information content (AvgIpc) is 1.69. The maximum absolute atomic E-state index is 3.31. The van der Waals surface area contributed by atoms with E-state index in [1.165, 1.54) is 25.9 Å². The molecular formula is C5H9NSn. The third-order valence-corrected chi connectivity index (χ3v) is 2.63. The fourth-order valence-electron chi connectivity index (χ4n) is 0.729. The van der Waals surface area contributed by atoms with Crippen molar-refractivity contribution in [2.24, 2.45) is 0 Å². The van der Waals surface area contributed by atoms with Gasteiger partial charge in [-0.15, -0.1) is 0 Å². The maximum atomic E-state index is 3.31. The molecule has 0 bridgehead atoms. The molecule has 1 saturated heterocycles. The molecule has 1 aliphatic rings. The van der Waals surface area contributed by atoms with E-state index in [1.54, 1.807) is 25.6 Å². The van der Waals surface area contributed by atoms with E-state index in [0.717, 1.165) is 0 Å². The zero-order valence-electron chi connectivity index (χ0n) is 4.33.